The highest BCUT2D eigenvalue weighted by Gasteiger charge is 2.54. The van der Waals surface area contributed by atoms with Crippen LogP contribution in [0.1, 0.15) is 35.7 Å². The maximum atomic E-state index is 13.1. The second-order valence-electron chi connectivity index (χ2n) is 9.57. The zero-order chi connectivity index (χ0) is 23.5. The molecule has 178 valence electrons. The number of likely N-dealkylation sites (tertiary alicyclic amines) is 2. The number of rotatable bonds is 7. The number of hydrogen-bond acceptors (Lipinski definition) is 6. The Balaban J connectivity index is 1.28. The van der Waals surface area contributed by atoms with Crippen molar-refractivity contribution in [1.82, 2.24) is 20.0 Å². The zero-order valence-electron chi connectivity index (χ0n) is 19.9. The van der Waals surface area contributed by atoms with Gasteiger partial charge in [-0.05, 0) is 36.1 Å². The molecule has 0 unspecified atom stereocenters. The first-order valence-electron chi connectivity index (χ1n) is 12.0. The van der Waals surface area contributed by atoms with Crippen molar-refractivity contribution in [3.63, 3.8) is 0 Å². The Bertz CT molecular complexity index is 1110. The van der Waals surface area contributed by atoms with Crippen molar-refractivity contribution < 1.29 is 13.9 Å². The monoisotopic (exact) mass is 460 g/mol. The first-order valence-corrected chi connectivity index (χ1v) is 12.0. The molecule has 2 aliphatic heterocycles. The van der Waals surface area contributed by atoms with E-state index >= 15 is 0 Å². The van der Waals surface area contributed by atoms with Gasteiger partial charge in [0.15, 0.2) is 0 Å². The molecule has 3 aromatic rings. The minimum atomic E-state index is -0.192. The van der Waals surface area contributed by atoms with Gasteiger partial charge in [0.05, 0.1) is 12.5 Å². The number of carbonyl (C=O) groups excluding carboxylic acids is 1. The van der Waals surface area contributed by atoms with E-state index in [0.29, 0.717) is 12.3 Å². The van der Waals surface area contributed by atoms with Crippen LogP contribution in [-0.2, 0) is 23.2 Å². The van der Waals surface area contributed by atoms with E-state index < -0.39 is 0 Å². The van der Waals surface area contributed by atoms with Crippen molar-refractivity contribution >= 4 is 5.91 Å². The molecule has 2 fully saturated rings. The average molecular weight is 461 g/mol. The molecule has 7 nitrogen and oxygen atoms in total. The Labute approximate surface area is 200 Å². The molecule has 5 rings (SSSR count). The van der Waals surface area contributed by atoms with Crippen molar-refractivity contribution in [2.24, 2.45) is 5.92 Å². The van der Waals surface area contributed by atoms with Gasteiger partial charge >= 0.3 is 0 Å². The molecule has 0 aliphatic carbocycles. The Hall–Kier alpha value is -3.19. The fraction of sp³-hybridized carbons (Fsp3) is 0.444. The van der Waals surface area contributed by atoms with Crippen molar-refractivity contribution in [2.45, 2.75) is 38.1 Å². The summed E-state index contributed by atoms with van der Waals surface area (Å²) in [4.78, 5) is 17.7. The maximum absolute atomic E-state index is 13.1. The van der Waals surface area contributed by atoms with Crippen LogP contribution in [0, 0.1) is 12.8 Å². The highest BCUT2D eigenvalue weighted by atomic mass is 16.5. The number of amides is 1. The summed E-state index contributed by atoms with van der Waals surface area (Å²) >= 11 is 0. The summed E-state index contributed by atoms with van der Waals surface area (Å²) in [5.74, 6) is 2.65. The van der Waals surface area contributed by atoms with Gasteiger partial charge in [-0.15, -0.1) is 10.2 Å². The molecule has 0 saturated carbocycles. The number of benzene rings is 2. The van der Waals surface area contributed by atoms with Crippen LogP contribution in [0.3, 0.4) is 0 Å². The molecule has 0 radical (unpaired) electrons. The van der Waals surface area contributed by atoms with Crippen LogP contribution in [0.15, 0.2) is 59.0 Å². The van der Waals surface area contributed by atoms with E-state index in [1.165, 1.54) is 5.56 Å². The van der Waals surface area contributed by atoms with E-state index in [4.69, 9.17) is 9.15 Å². The number of piperidine rings is 1. The summed E-state index contributed by atoms with van der Waals surface area (Å²) in [6, 6.07) is 18.5. The molecular weight excluding hydrogens is 428 g/mol. The van der Waals surface area contributed by atoms with Gasteiger partial charge in [0, 0.05) is 52.0 Å². The Morgan fingerprint density at radius 1 is 1.09 bits per heavy atom. The number of methoxy groups -OCH3 is 1. The summed E-state index contributed by atoms with van der Waals surface area (Å²) in [6.07, 6.45) is 2.09. The van der Waals surface area contributed by atoms with Crippen LogP contribution in [-0.4, -0.2) is 59.2 Å². The average Bonchev–Trinajstić information content (AvgIpc) is 3.46. The number of hydrogen-bond donors (Lipinski definition) is 0. The molecule has 2 saturated heterocycles. The third-order valence-electron chi connectivity index (χ3n) is 7.37. The number of aryl methyl sites for hydroxylation is 2. The highest BCUT2D eigenvalue weighted by Crippen LogP contribution is 2.45. The fourth-order valence-electron chi connectivity index (χ4n) is 5.52. The minimum Gasteiger partial charge on any atom is -0.497 e. The Morgan fingerprint density at radius 3 is 2.59 bits per heavy atom. The van der Waals surface area contributed by atoms with Crippen molar-refractivity contribution in [3.8, 4) is 5.75 Å². The van der Waals surface area contributed by atoms with Crippen LogP contribution in [0.4, 0.5) is 0 Å². The lowest BCUT2D eigenvalue weighted by molar-refractivity contribution is -0.133. The first kappa shape index (κ1) is 22.6. The van der Waals surface area contributed by atoms with E-state index in [1.54, 1.807) is 7.11 Å². The van der Waals surface area contributed by atoms with Gasteiger partial charge in [-0.3, -0.25) is 9.69 Å². The minimum absolute atomic E-state index is 0.192. The lowest BCUT2D eigenvalue weighted by Gasteiger charge is -2.41. The summed E-state index contributed by atoms with van der Waals surface area (Å²) in [5, 5.41) is 8.58. The summed E-state index contributed by atoms with van der Waals surface area (Å²) < 4.78 is 11.2. The van der Waals surface area contributed by atoms with Gasteiger partial charge in [-0.1, -0.05) is 42.5 Å². The molecule has 0 bridgehead atoms. The van der Waals surface area contributed by atoms with Gasteiger partial charge in [-0.2, -0.15) is 0 Å². The fourth-order valence-corrected chi connectivity index (χ4v) is 5.52. The Kier molecular flexibility index (Phi) is 6.37. The summed E-state index contributed by atoms with van der Waals surface area (Å²) in [7, 11) is 1.66. The van der Waals surface area contributed by atoms with Gasteiger partial charge in [0.25, 0.3) is 0 Å². The van der Waals surface area contributed by atoms with E-state index in [9.17, 15) is 4.79 Å². The van der Waals surface area contributed by atoms with Crippen LogP contribution in [0.2, 0.25) is 0 Å². The van der Waals surface area contributed by atoms with Gasteiger partial charge < -0.3 is 14.1 Å². The first-order chi connectivity index (χ1) is 16.6. The predicted octanol–water partition coefficient (Wildman–Crippen LogP) is 3.62. The predicted molar refractivity (Wildman–Crippen MR) is 128 cm³/mol. The lowest BCUT2D eigenvalue weighted by atomic mass is 9.72. The van der Waals surface area contributed by atoms with E-state index in [0.717, 1.165) is 62.8 Å². The lowest BCUT2D eigenvalue weighted by Crippen LogP contribution is -2.51. The second-order valence-corrected chi connectivity index (χ2v) is 9.57. The van der Waals surface area contributed by atoms with E-state index in [1.807, 2.05) is 42.2 Å². The zero-order valence-corrected chi connectivity index (χ0v) is 19.9. The van der Waals surface area contributed by atoms with E-state index in [2.05, 4.69) is 39.4 Å². The normalized spacial score (nSPS) is 22.5. The van der Waals surface area contributed by atoms with Crippen LogP contribution in [0.5, 0.6) is 5.75 Å². The topological polar surface area (TPSA) is 71.7 Å². The van der Waals surface area contributed by atoms with Gasteiger partial charge in [0.2, 0.25) is 17.7 Å². The molecule has 0 N–H and O–H groups in total. The number of ether oxygens (including phenoxy) is 1. The van der Waals surface area contributed by atoms with Crippen molar-refractivity contribution in [1.29, 1.82) is 0 Å². The number of nitrogens with zero attached hydrogens (tertiary/aromatic N) is 4. The molecule has 1 aromatic heterocycles. The number of fused-ring (bicyclic) bond motifs is 1. The number of carbonyl (C=O) groups is 1. The largest absolute Gasteiger partial charge is 0.497 e. The quantitative estimate of drug-likeness (QED) is 0.536. The summed E-state index contributed by atoms with van der Waals surface area (Å²) in [6.45, 7) is 5.97. The molecule has 2 atom stereocenters. The van der Waals surface area contributed by atoms with Crippen molar-refractivity contribution in [3.05, 3.63) is 77.5 Å². The molecule has 2 aliphatic rings. The van der Waals surface area contributed by atoms with Crippen LogP contribution in [0.25, 0.3) is 0 Å². The highest BCUT2D eigenvalue weighted by molar-refractivity contribution is 5.76. The standard InChI is InChI=1S/C27H32N4O3/c1-20-28-29-26(34-20)27-14-15-31(25(32)13-10-21-8-11-24(33-2)12-9-21)18-23(27)17-30(19-27)16-22-6-4-3-5-7-22/h3-9,11-12,23H,10,13-19H2,1-2H3/t23-,27+/m1/s1. The molecule has 2 aromatic carbocycles. The third kappa shape index (κ3) is 4.57. The van der Waals surface area contributed by atoms with Crippen molar-refractivity contribution in [2.75, 3.05) is 33.3 Å². The van der Waals surface area contributed by atoms with Crippen LogP contribution >= 0.6 is 0 Å². The van der Waals surface area contributed by atoms with E-state index in [-0.39, 0.29) is 17.2 Å². The van der Waals surface area contributed by atoms with Crippen LogP contribution < -0.4 is 4.74 Å². The Morgan fingerprint density at radius 2 is 1.88 bits per heavy atom. The maximum Gasteiger partial charge on any atom is 0.224 e. The third-order valence-corrected chi connectivity index (χ3v) is 7.37. The number of aromatic nitrogens is 2. The summed E-state index contributed by atoms with van der Waals surface area (Å²) in [5.41, 5.74) is 2.25. The second kappa shape index (κ2) is 9.58. The SMILES string of the molecule is COc1ccc(CCC(=O)N2CC[C@]3(c4nnc(C)o4)CN(Cc4ccccc4)C[C@@H]3C2)cc1. The molecular formula is C27H32N4O3. The molecule has 3 heterocycles. The molecule has 7 heteroatoms. The molecule has 0 spiro atoms. The van der Waals surface area contributed by atoms with Gasteiger partial charge in [0.1, 0.15) is 5.75 Å². The molecule has 1 amide bonds. The smallest absolute Gasteiger partial charge is 0.224 e. The van der Waals surface area contributed by atoms with Gasteiger partial charge in [-0.25, -0.2) is 0 Å². The molecule has 34 heavy (non-hydrogen) atoms.